The molecule has 1 amide bonds. The Morgan fingerprint density at radius 1 is 0.880 bits per heavy atom. The predicted molar refractivity (Wildman–Crippen MR) is 90.7 cm³/mol. The van der Waals surface area contributed by atoms with Gasteiger partial charge in [-0.05, 0) is 43.3 Å². The molecule has 1 aliphatic rings. The van der Waals surface area contributed by atoms with Crippen LogP contribution in [0.1, 0.15) is 21.5 Å². The number of aryl methyl sites for hydroxylation is 1. The second-order valence-corrected chi connectivity index (χ2v) is 6.19. The van der Waals surface area contributed by atoms with Crippen LogP contribution < -0.4 is 4.90 Å². The van der Waals surface area contributed by atoms with Gasteiger partial charge in [0.2, 0.25) is 0 Å². The third kappa shape index (κ3) is 3.95. The average molecular weight is 348 g/mol. The summed E-state index contributed by atoms with van der Waals surface area (Å²) in [6.45, 7) is 4.54. The topological polar surface area (TPSA) is 23.6 Å². The van der Waals surface area contributed by atoms with Gasteiger partial charge in [0.05, 0.1) is 5.56 Å². The van der Waals surface area contributed by atoms with Gasteiger partial charge in [-0.1, -0.05) is 17.7 Å². The maximum atomic E-state index is 12.6. The van der Waals surface area contributed by atoms with Crippen LogP contribution in [0, 0.1) is 6.92 Å². The molecular weight excluding hydrogens is 329 g/mol. The van der Waals surface area contributed by atoms with Gasteiger partial charge in [0, 0.05) is 37.4 Å². The molecule has 0 bridgehead atoms. The maximum absolute atomic E-state index is 12.6. The molecule has 0 aliphatic carbocycles. The zero-order chi connectivity index (χ0) is 18.0. The van der Waals surface area contributed by atoms with Gasteiger partial charge in [-0.3, -0.25) is 4.79 Å². The fourth-order valence-corrected chi connectivity index (χ4v) is 2.91. The molecule has 0 N–H and O–H groups in total. The first-order valence-electron chi connectivity index (χ1n) is 8.13. The molecule has 0 unspecified atom stereocenters. The Balaban J connectivity index is 1.62. The lowest BCUT2D eigenvalue weighted by Crippen LogP contribution is -2.48. The first-order chi connectivity index (χ1) is 11.8. The van der Waals surface area contributed by atoms with Gasteiger partial charge in [0.25, 0.3) is 5.91 Å². The zero-order valence-corrected chi connectivity index (χ0v) is 13.9. The lowest BCUT2D eigenvalue weighted by atomic mass is 10.1. The van der Waals surface area contributed by atoms with E-state index in [0.717, 1.165) is 17.8 Å². The minimum Gasteiger partial charge on any atom is -0.368 e. The van der Waals surface area contributed by atoms with Crippen molar-refractivity contribution in [2.24, 2.45) is 0 Å². The molecule has 1 heterocycles. The van der Waals surface area contributed by atoms with E-state index in [9.17, 15) is 18.0 Å². The summed E-state index contributed by atoms with van der Waals surface area (Å²) in [6, 6.07) is 12.6. The number of nitrogens with zero attached hydrogens (tertiary/aromatic N) is 2. The van der Waals surface area contributed by atoms with Crippen LogP contribution in [0.5, 0.6) is 0 Å². The van der Waals surface area contributed by atoms with Crippen molar-refractivity contribution in [2.75, 3.05) is 31.1 Å². The summed E-state index contributed by atoms with van der Waals surface area (Å²) in [5.41, 5.74) is 1.86. The molecular formula is C19H19F3N2O. The fraction of sp³-hybridized carbons (Fsp3) is 0.316. The number of hydrogen-bond donors (Lipinski definition) is 0. The van der Waals surface area contributed by atoms with E-state index in [1.54, 1.807) is 4.90 Å². The molecule has 0 radical (unpaired) electrons. The SMILES string of the molecule is Cc1ccc(N2CCN(C(=O)c3ccc(C(F)(F)F)cc3)CC2)cc1. The van der Waals surface area contributed by atoms with E-state index in [1.807, 2.05) is 6.92 Å². The molecule has 0 saturated carbocycles. The highest BCUT2D eigenvalue weighted by Gasteiger charge is 2.30. The number of rotatable bonds is 2. The van der Waals surface area contributed by atoms with E-state index in [4.69, 9.17) is 0 Å². The molecule has 3 rings (SSSR count). The normalized spacial score (nSPS) is 15.4. The fourth-order valence-electron chi connectivity index (χ4n) is 2.91. The molecule has 132 valence electrons. The van der Waals surface area contributed by atoms with Crippen molar-refractivity contribution < 1.29 is 18.0 Å². The summed E-state index contributed by atoms with van der Waals surface area (Å²) in [7, 11) is 0. The maximum Gasteiger partial charge on any atom is 0.416 e. The first kappa shape index (κ1) is 17.3. The Labute approximate surface area is 144 Å². The van der Waals surface area contributed by atoms with Crippen molar-refractivity contribution in [1.29, 1.82) is 0 Å². The number of carbonyl (C=O) groups is 1. The molecule has 0 atom stereocenters. The Kier molecular flexibility index (Phi) is 4.70. The lowest BCUT2D eigenvalue weighted by molar-refractivity contribution is -0.137. The molecule has 3 nitrogen and oxygen atoms in total. The van der Waals surface area contributed by atoms with Crippen LogP contribution >= 0.6 is 0 Å². The van der Waals surface area contributed by atoms with Crippen molar-refractivity contribution in [3.05, 3.63) is 65.2 Å². The highest BCUT2D eigenvalue weighted by Crippen LogP contribution is 2.29. The zero-order valence-electron chi connectivity index (χ0n) is 13.9. The predicted octanol–water partition coefficient (Wildman–Crippen LogP) is 3.98. The Morgan fingerprint density at radius 3 is 1.96 bits per heavy atom. The van der Waals surface area contributed by atoms with Gasteiger partial charge in [-0.15, -0.1) is 0 Å². The van der Waals surface area contributed by atoms with Crippen LogP contribution in [0.15, 0.2) is 48.5 Å². The van der Waals surface area contributed by atoms with Crippen molar-refractivity contribution >= 4 is 11.6 Å². The van der Waals surface area contributed by atoms with Crippen molar-refractivity contribution in [2.45, 2.75) is 13.1 Å². The summed E-state index contributed by atoms with van der Waals surface area (Å²) < 4.78 is 37.8. The highest BCUT2D eigenvalue weighted by molar-refractivity contribution is 5.94. The molecule has 2 aromatic carbocycles. The number of alkyl halides is 3. The molecule has 0 aromatic heterocycles. The quantitative estimate of drug-likeness (QED) is 0.820. The van der Waals surface area contributed by atoms with E-state index in [0.29, 0.717) is 26.2 Å². The number of amides is 1. The Hall–Kier alpha value is -2.50. The first-order valence-corrected chi connectivity index (χ1v) is 8.13. The van der Waals surface area contributed by atoms with Gasteiger partial charge in [-0.2, -0.15) is 13.2 Å². The van der Waals surface area contributed by atoms with Crippen LogP contribution in [-0.2, 0) is 6.18 Å². The monoisotopic (exact) mass is 348 g/mol. The van der Waals surface area contributed by atoms with Crippen LogP contribution in [0.2, 0.25) is 0 Å². The molecule has 2 aromatic rings. The van der Waals surface area contributed by atoms with E-state index < -0.39 is 11.7 Å². The van der Waals surface area contributed by atoms with Gasteiger partial charge < -0.3 is 9.80 Å². The Morgan fingerprint density at radius 2 is 1.44 bits per heavy atom. The molecule has 1 saturated heterocycles. The molecule has 6 heteroatoms. The summed E-state index contributed by atoms with van der Waals surface area (Å²) >= 11 is 0. The van der Waals surface area contributed by atoms with Gasteiger partial charge in [-0.25, -0.2) is 0 Å². The summed E-state index contributed by atoms with van der Waals surface area (Å²) in [5, 5.41) is 0. The third-order valence-corrected chi connectivity index (χ3v) is 4.43. The van der Waals surface area contributed by atoms with Crippen LogP contribution in [-0.4, -0.2) is 37.0 Å². The highest BCUT2D eigenvalue weighted by atomic mass is 19.4. The number of piperazine rings is 1. The Bertz CT molecular complexity index is 731. The largest absolute Gasteiger partial charge is 0.416 e. The number of anilines is 1. The molecule has 1 fully saturated rings. The van der Waals surface area contributed by atoms with Crippen LogP contribution in [0.25, 0.3) is 0 Å². The number of hydrogen-bond acceptors (Lipinski definition) is 2. The molecule has 1 aliphatic heterocycles. The summed E-state index contributed by atoms with van der Waals surface area (Å²) in [4.78, 5) is 16.4. The van der Waals surface area contributed by atoms with E-state index >= 15 is 0 Å². The van der Waals surface area contributed by atoms with Crippen molar-refractivity contribution in [1.82, 2.24) is 4.90 Å². The number of carbonyl (C=O) groups excluding carboxylic acids is 1. The summed E-state index contributed by atoms with van der Waals surface area (Å²) in [5.74, 6) is -0.225. The lowest BCUT2D eigenvalue weighted by Gasteiger charge is -2.36. The average Bonchev–Trinajstić information content (AvgIpc) is 2.61. The van der Waals surface area contributed by atoms with Crippen molar-refractivity contribution in [3.63, 3.8) is 0 Å². The van der Waals surface area contributed by atoms with E-state index in [-0.39, 0.29) is 11.5 Å². The van der Waals surface area contributed by atoms with Gasteiger partial charge in [0.1, 0.15) is 0 Å². The molecule has 25 heavy (non-hydrogen) atoms. The third-order valence-electron chi connectivity index (χ3n) is 4.43. The van der Waals surface area contributed by atoms with Gasteiger partial charge in [0.15, 0.2) is 0 Å². The summed E-state index contributed by atoms with van der Waals surface area (Å²) in [6.07, 6.45) is -4.39. The van der Waals surface area contributed by atoms with E-state index in [1.165, 1.54) is 17.7 Å². The van der Waals surface area contributed by atoms with Gasteiger partial charge >= 0.3 is 6.18 Å². The minimum absolute atomic E-state index is 0.225. The van der Waals surface area contributed by atoms with Crippen LogP contribution in [0.4, 0.5) is 18.9 Å². The van der Waals surface area contributed by atoms with E-state index in [2.05, 4.69) is 29.2 Å². The number of benzene rings is 2. The second-order valence-electron chi connectivity index (χ2n) is 6.19. The molecule has 0 spiro atoms. The van der Waals surface area contributed by atoms with Crippen LogP contribution in [0.3, 0.4) is 0 Å². The standard InChI is InChI=1S/C19H19F3N2O/c1-14-2-8-17(9-3-14)23-10-12-24(13-11-23)18(25)15-4-6-16(7-5-15)19(20,21)22/h2-9H,10-13H2,1H3. The van der Waals surface area contributed by atoms with Crippen molar-refractivity contribution in [3.8, 4) is 0 Å². The second kappa shape index (κ2) is 6.78. The smallest absolute Gasteiger partial charge is 0.368 e. The number of halogens is 3. The minimum atomic E-state index is -4.39.